The third-order valence-corrected chi connectivity index (χ3v) is 4.03. The number of carbonyl (C=O) groups is 1. The Balaban J connectivity index is 2.33. The number of anilines is 1. The van der Waals surface area contributed by atoms with Crippen LogP contribution in [0.25, 0.3) is 0 Å². The predicted molar refractivity (Wildman–Crippen MR) is 64.7 cm³/mol. The third-order valence-electron chi connectivity index (χ3n) is 2.78. The Bertz CT molecular complexity index is 572. The van der Waals surface area contributed by atoms with Crippen LogP contribution in [-0.2, 0) is 14.8 Å². The minimum atomic E-state index is -3.73. The number of carbonyl (C=O) groups excluding carboxylic acids is 1. The molecule has 2 N–H and O–H groups in total. The van der Waals surface area contributed by atoms with Crippen molar-refractivity contribution in [2.45, 2.75) is 11.7 Å². The van der Waals surface area contributed by atoms with Crippen molar-refractivity contribution >= 4 is 21.7 Å². The summed E-state index contributed by atoms with van der Waals surface area (Å²) in [4.78, 5) is 17.1. The van der Waals surface area contributed by atoms with Crippen LogP contribution in [0.5, 0.6) is 5.75 Å². The SMILES string of the molecule is COc1cccnc1N1CC(S(N)(=O)=O)CC1=O. The number of nitrogens with two attached hydrogens (primary N) is 1. The van der Waals surface area contributed by atoms with Crippen molar-refractivity contribution in [3.05, 3.63) is 18.3 Å². The minimum Gasteiger partial charge on any atom is -0.493 e. The van der Waals surface area contributed by atoms with Gasteiger partial charge in [0.25, 0.3) is 0 Å². The second-order valence-corrected chi connectivity index (χ2v) is 5.79. The van der Waals surface area contributed by atoms with E-state index >= 15 is 0 Å². The topological polar surface area (TPSA) is 103 Å². The normalized spacial score (nSPS) is 20.2. The van der Waals surface area contributed by atoms with Gasteiger partial charge in [-0.1, -0.05) is 0 Å². The first-order chi connectivity index (χ1) is 8.43. The van der Waals surface area contributed by atoms with E-state index in [2.05, 4.69) is 4.98 Å². The zero-order valence-electron chi connectivity index (χ0n) is 9.74. The highest BCUT2D eigenvalue weighted by molar-refractivity contribution is 7.89. The molecule has 0 aromatic carbocycles. The zero-order valence-corrected chi connectivity index (χ0v) is 10.6. The van der Waals surface area contributed by atoms with Gasteiger partial charge < -0.3 is 4.74 Å². The molecule has 18 heavy (non-hydrogen) atoms. The van der Waals surface area contributed by atoms with E-state index in [1.165, 1.54) is 18.2 Å². The first kappa shape index (κ1) is 12.8. The number of aromatic nitrogens is 1. The van der Waals surface area contributed by atoms with Gasteiger partial charge >= 0.3 is 0 Å². The van der Waals surface area contributed by atoms with E-state index < -0.39 is 15.3 Å². The van der Waals surface area contributed by atoms with Gasteiger partial charge in [-0.2, -0.15) is 0 Å². The maximum atomic E-state index is 11.8. The summed E-state index contributed by atoms with van der Waals surface area (Å²) in [6, 6.07) is 3.32. The predicted octanol–water partition coefficient (Wildman–Crippen LogP) is -0.516. The number of hydrogen-bond acceptors (Lipinski definition) is 5. The molecule has 0 aliphatic carbocycles. The number of ether oxygens (including phenoxy) is 1. The molecule has 7 nitrogen and oxygen atoms in total. The Morgan fingerprint density at radius 1 is 1.56 bits per heavy atom. The number of methoxy groups -OCH3 is 1. The molecule has 98 valence electrons. The highest BCUT2D eigenvalue weighted by Gasteiger charge is 2.38. The molecule has 0 saturated carbocycles. The van der Waals surface area contributed by atoms with Crippen LogP contribution in [0, 0.1) is 0 Å². The first-order valence-corrected chi connectivity index (χ1v) is 6.85. The van der Waals surface area contributed by atoms with Crippen LogP contribution in [0.2, 0.25) is 0 Å². The van der Waals surface area contributed by atoms with Gasteiger partial charge in [0, 0.05) is 19.2 Å². The third kappa shape index (κ3) is 2.29. The van der Waals surface area contributed by atoms with Crippen molar-refractivity contribution < 1.29 is 17.9 Å². The Kier molecular flexibility index (Phi) is 3.22. The van der Waals surface area contributed by atoms with Crippen LogP contribution in [0.15, 0.2) is 18.3 Å². The van der Waals surface area contributed by atoms with Crippen molar-refractivity contribution in [3.8, 4) is 5.75 Å². The lowest BCUT2D eigenvalue weighted by Gasteiger charge is -2.17. The number of pyridine rings is 1. The molecule has 0 spiro atoms. The molecule has 1 saturated heterocycles. The molecule has 1 aromatic rings. The smallest absolute Gasteiger partial charge is 0.229 e. The van der Waals surface area contributed by atoms with Crippen LogP contribution in [0.1, 0.15) is 6.42 Å². The molecule has 8 heteroatoms. The molecule has 1 amide bonds. The van der Waals surface area contributed by atoms with E-state index in [0.717, 1.165) is 0 Å². The van der Waals surface area contributed by atoms with Crippen molar-refractivity contribution in [3.63, 3.8) is 0 Å². The fraction of sp³-hybridized carbons (Fsp3) is 0.400. The lowest BCUT2D eigenvalue weighted by Crippen LogP contribution is -2.32. The quantitative estimate of drug-likeness (QED) is 0.797. The Morgan fingerprint density at radius 2 is 2.28 bits per heavy atom. The van der Waals surface area contributed by atoms with E-state index in [0.29, 0.717) is 11.6 Å². The van der Waals surface area contributed by atoms with Crippen LogP contribution < -0.4 is 14.8 Å². The molecule has 1 aliphatic rings. The molecule has 1 aliphatic heterocycles. The molecule has 2 rings (SSSR count). The standard InChI is InChI=1S/C10H13N3O4S/c1-17-8-3-2-4-12-10(8)13-6-7(5-9(13)14)18(11,15)16/h2-4,7H,5-6H2,1H3,(H2,11,15,16). The van der Waals surface area contributed by atoms with Crippen LogP contribution >= 0.6 is 0 Å². The Morgan fingerprint density at radius 3 is 2.83 bits per heavy atom. The molecule has 0 radical (unpaired) electrons. The highest BCUT2D eigenvalue weighted by Crippen LogP contribution is 2.29. The van der Waals surface area contributed by atoms with E-state index in [9.17, 15) is 13.2 Å². The van der Waals surface area contributed by atoms with Gasteiger partial charge in [-0.05, 0) is 12.1 Å². The number of rotatable bonds is 3. The Labute approximate surface area is 105 Å². The second kappa shape index (κ2) is 4.54. The molecule has 0 bridgehead atoms. The van der Waals surface area contributed by atoms with Crippen molar-refractivity contribution in [2.24, 2.45) is 5.14 Å². The average Bonchev–Trinajstić information content (AvgIpc) is 2.71. The largest absolute Gasteiger partial charge is 0.493 e. The van der Waals surface area contributed by atoms with Crippen LogP contribution in [-0.4, -0.2) is 38.2 Å². The van der Waals surface area contributed by atoms with Crippen molar-refractivity contribution in [1.82, 2.24) is 4.98 Å². The summed E-state index contributed by atoms with van der Waals surface area (Å²) in [5.74, 6) is 0.406. The van der Waals surface area contributed by atoms with Gasteiger partial charge in [0.05, 0.1) is 7.11 Å². The van der Waals surface area contributed by atoms with Crippen LogP contribution in [0.3, 0.4) is 0 Å². The fourth-order valence-corrected chi connectivity index (χ4v) is 2.58. The second-order valence-electron chi connectivity index (χ2n) is 3.95. The molecule has 1 unspecified atom stereocenters. The summed E-state index contributed by atoms with van der Waals surface area (Å²) in [6.45, 7) is 0.00500. The molecule has 1 fully saturated rings. The average molecular weight is 271 g/mol. The highest BCUT2D eigenvalue weighted by atomic mass is 32.2. The minimum absolute atomic E-state index is 0.00500. The number of primary sulfonamides is 1. The summed E-state index contributed by atoms with van der Waals surface area (Å²) in [5, 5.41) is 4.16. The molecular weight excluding hydrogens is 258 g/mol. The molecule has 1 atom stereocenters. The lowest BCUT2D eigenvalue weighted by atomic mass is 10.4. The maximum Gasteiger partial charge on any atom is 0.229 e. The molecule has 2 heterocycles. The maximum absolute atomic E-state index is 11.8. The summed E-state index contributed by atoms with van der Waals surface area (Å²) >= 11 is 0. The Hall–Kier alpha value is -1.67. The van der Waals surface area contributed by atoms with Crippen molar-refractivity contribution in [2.75, 3.05) is 18.6 Å². The summed E-state index contributed by atoms with van der Waals surface area (Å²) in [7, 11) is -2.27. The van der Waals surface area contributed by atoms with Gasteiger partial charge in [-0.25, -0.2) is 18.5 Å². The van der Waals surface area contributed by atoms with E-state index in [-0.39, 0.29) is 18.9 Å². The lowest BCUT2D eigenvalue weighted by molar-refractivity contribution is -0.117. The summed E-state index contributed by atoms with van der Waals surface area (Å²) in [5.41, 5.74) is 0. The van der Waals surface area contributed by atoms with Gasteiger partial charge in [0.2, 0.25) is 15.9 Å². The van der Waals surface area contributed by atoms with Gasteiger partial charge in [0.1, 0.15) is 5.25 Å². The van der Waals surface area contributed by atoms with Crippen LogP contribution in [0.4, 0.5) is 5.82 Å². The van der Waals surface area contributed by atoms with Gasteiger partial charge in [-0.15, -0.1) is 0 Å². The molecule has 1 aromatic heterocycles. The first-order valence-electron chi connectivity index (χ1n) is 5.24. The monoisotopic (exact) mass is 271 g/mol. The van der Waals surface area contributed by atoms with E-state index in [1.54, 1.807) is 12.1 Å². The van der Waals surface area contributed by atoms with E-state index in [1.807, 2.05) is 0 Å². The van der Waals surface area contributed by atoms with Crippen molar-refractivity contribution in [1.29, 1.82) is 0 Å². The van der Waals surface area contributed by atoms with Gasteiger partial charge in [0.15, 0.2) is 11.6 Å². The summed E-state index contributed by atoms with van der Waals surface area (Å²) in [6.07, 6.45) is 1.38. The fourth-order valence-electron chi connectivity index (χ4n) is 1.84. The van der Waals surface area contributed by atoms with E-state index in [4.69, 9.17) is 9.88 Å². The number of sulfonamides is 1. The van der Waals surface area contributed by atoms with Gasteiger partial charge in [-0.3, -0.25) is 9.69 Å². The number of nitrogens with zero attached hydrogens (tertiary/aromatic N) is 2. The number of amides is 1. The number of hydrogen-bond donors (Lipinski definition) is 1. The summed E-state index contributed by atoms with van der Waals surface area (Å²) < 4.78 is 27.6. The molecular formula is C10H13N3O4S. The zero-order chi connectivity index (χ0) is 13.3.